The van der Waals surface area contributed by atoms with E-state index in [9.17, 15) is 4.39 Å². The van der Waals surface area contributed by atoms with Crippen LogP contribution in [0.4, 0.5) is 15.9 Å². The minimum absolute atomic E-state index is 0.157. The van der Waals surface area contributed by atoms with Gasteiger partial charge in [0.15, 0.2) is 0 Å². The smallest absolute Gasteiger partial charge is 0.224 e. The molecule has 0 amide bonds. The van der Waals surface area contributed by atoms with E-state index >= 15 is 0 Å². The molecule has 0 fully saturated rings. The van der Waals surface area contributed by atoms with Gasteiger partial charge in [0.2, 0.25) is 5.28 Å². The Balaban J connectivity index is 2.10. The normalized spacial score (nSPS) is 10.8. The fourth-order valence-electron chi connectivity index (χ4n) is 1.86. The number of nitrogens with zero attached hydrogens (tertiary/aromatic N) is 2. The summed E-state index contributed by atoms with van der Waals surface area (Å²) in [6.45, 7) is 0. The molecule has 0 aliphatic rings. The van der Waals surface area contributed by atoms with Gasteiger partial charge in [0.05, 0.1) is 11.2 Å². The highest BCUT2D eigenvalue weighted by Crippen LogP contribution is 2.29. The molecular weight excluding hydrogens is 345 g/mol. The van der Waals surface area contributed by atoms with Crippen LogP contribution in [-0.2, 0) is 0 Å². The van der Waals surface area contributed by atoms with Gasteiger partial charge < -0.3 is 5.32 Å². The maximum Gasteiger partial charge on any atom is 0.224 e. The molecule has 3 rings (SSSR count). The van der Waals surface area contributed by atoms with E-state index in [1.54, 1.807) is 6.07 Å². The van der Waals surface area contributed by atoms with Crippen molar-refractivity contribution in [3.05, 3.63) is 58.0 Å². The zero-order valence-electron chi connectivity index (χ0n) is 10.1. The first kappa shape index (κ1) is 13.3. The molecule has 100 valence electrons. The Hall–Kier alpha value is -1.72. The number of hydrogen-bond acceptors (Lipinski definition) is 3. The van der Waals surface area contributed by atoms with Gasteiger partial charge in [0, 0.05) is 9.86 Å². The first-order valence-corrected chi connectivity index (χ1v) is 6.95. The SMILES string of the molecule is Fc1ccc(Nc2nc(Cl)nc3ccccc23)c(Br)c1. The Bertz CT molecular complexity index is 794. The Morgan fingerprint density at radius 3 is 2.70 bits per heavy atom. The van der Waals surface area contributed by atoms with Gasteiger partial charge in [0.25, 0.3) is 0 Å². The molecule has 1 heterocycles. The largest absolute Gasteiger partial charge is 0.339 e. The number of anilines is 2. The van der Waals surface area contributed by atoms with E-state index in [0.717, 1.165) is 10.9 Å². The molecule has 6 heteroatoms. The summed E-state index contributed by atoms with van der Waals surface area (Å²) in [5, 5.41) is 4.13. The van der Waals surface area contributed by atoms with Gasteiger partial charge in [-0.2, -0.15) is 4.98 Å². The number of aromatic nitrogens is 2. The highest BCUT2D eigenvalue weighted by molar-refractivity contribution is 9.10. The minimum Gasteiger partial charge on any atom is -0.339 e. The van der Waals surface area contributed by atoms with Gasteiger partial charge in [-0.3, -0.25) is 0 Å². The van der Waals surface area contributed by atoms with Gasteiger partial charge >= 0.3 is 0 Å². The van der Waals surface area contributed by atoms with Gasteiger partial charge in [-0.1, -0.05) is 12.1 Å². The van der Waals surface area contributed by atoms with Crippen LogP contribution in [0.3, 0.4) is 0 Å². The number of halogens is 3. The second-order valence-electron chi connectivity index (χ2n) is 4.11. The maximum atomic E-state index is 13.1. The van der Waals surface area contributed by atoms with Crippen LogP contribution in [0, 0.1) is 5.82 Å². The Labute approximate surface area is 127 Å². The third-order valence-corrected chi connectivity index (χ3v) is 3.59. The number of benzene rings is 2. The first-order chi connectivity index (χ1) is 9.63. The third-order valence-electron chi connectivity index (χ3n) is 2.76. The van der Waals surface area contributed by atoms with E-state index in [4.69, 9.17) is 11.6 Å². The highest BCUT2D eigenvalue weighted by atomic mass is 79.9. The molecule has 0 bridgehead atoms. The summed E-state index contributed by atoms with van der Waals surface area (Å²) in [5.41, 5.74) is 1.44. The van der Waals surface area contributed by atoms with Gasteiger partial charge in [-0.05, 0) is 57.9 Å². The van der Waals surface area contributed by atoms with E-state index in [2.05, 4.69) is 31.2 Å². The fourth-order valence-corrected chi connectivity index (χ4v) is 2.49. The predicted octanol–water partition coefficient (Wildman–Crippen LogP) is 4.93. The molecule has 2 aromatic carbocycles. The van der Waals surface area contributed by atoms with Crippen molar-refractivity contribution in [2.24, 2.45) is 0 Å². The summed E-state index contributed by atoms with van der Waals surface area (Å²) < 4.78 is 13.7. The molecule has 0 unspecified atom stereocenters. The van der Waals surface area contributed by atoms with Crippen molar-refractivity contribution < 1.29 is 4.39 Å². The van der Waals surface area contributed by atoms with Crippen LogP contribution in [0.1, 0.15) is 0 Å². The lowest BCUT2D eigenvalue weighted by atomic mass is 10.2. The summed E-state index contributed by atoms with van der Waals surface area (Å²) in [5.74, 6) is 0.265. The summed E-state index contributed by atoms with van der Waals surface area (Å²) in [6.07, 6.45) is 0. The van der Waals surface area contributed by atoms with Crippen molar-refractivity contribution in [1.29, 1.82) is 0 Å². The average molecular weight is 353 g/mol. The fraction of sp³-hybridized carbons (Fsp3) is 0. The second kappa shape index (κ2) is 5.34. The van der Waals surface area contributed by atoms with Crippen LogP contribution in [-0.4, -0.2) is 9.97 Å². The quantitative estimate of drug-likeness (QED) is 0.665. The van der Waals surface area contributed by atoms with Crippen LogP contribution in [0.2, 0.25) is 5.28 Å². The molecule has 1 N–H and O–H groups in total. The molecule has 3 nitrogen and oxygen atoms in total. The minimum atomic E-state index is -0.312. The third kappa shape index (κ3) is 2.59. The maximum absolute atomic E-state index is 13.1. The lowest BCUT2D eigenvalue weighted by Gasteiger charge is -2.10. The van der Waals surface area contributed by atoms with Crippen molar-refractivity contribution in [3.63, 3.8) is 0 Å². The summed E-state index contributed by atoms with van der Waals surface area (Å²) >= 11 is 9.23. The predicted molar refractivity (Wildman–Crippen MR) is 81.9 cm³/mol. The van der Waals surface area contributed by atoms with Crippen molar-refractivity contribution in [1.82, 2.24) is 9.97 Å². The standard InChI is InChI=1S/C14H8BrClFN3/c15-10-7-8(17)5-6-12(10)18-13-9-3-1-2-4-11(9)19-14(16)20-13/h1-7H,(H,18,19,20). The number of hydrogen-bond donors (Lipinski definition) is 1. The van der Waals surface area contributed by atoms with Crippen molar-refractivity contribution in [2.75, 3.05) is 5.32 Å². The average Bonchev–Trinajstić information content (AvgIpc) is 2.41. The van der Waals surface area contributed by atoms with Crippen LogP contribution in [0.15, 0.2) is 46.9 Å². The van der Waals surface area contributed by atoms with E-state index in [0.29, 0.717) is 16.0 Å². The van der Waals surface area contributed by atoms with E-state index < -0.39 is 0 Å². The van der Waals surface area contributed by atoms with Gasteiger partial charge in [-0.15, -0.1) is 0 Å². The van der Waals surface area contributed by atoms with Crippen LogP contribution < -0.4 is 5.32 Å². The molecule has 0 aliphatic heterocycles. The summed E-state index contributed by atoms with van der Waals surface area (Å²) in [4.78, 5) is 8.35. The number of rotatable bonds is 2. The summed E-state index contributed by atoms with van der Waals surface area (Å²) in [7, 11) is 0. The molecule has 0 atom stereocenters. The van der Waals surface area contributed by atoms with Crippen molar-refractivity contribution >= 4 is 49.9 Å². The molecular formula is C14H8BrClFN3. The van der Waals surface area contributed by atoms with E-state index in [1.807, 2.05) is 24.3 Å². The molecule has 20 heavy (non-hydrogen) atoms. The van der Waals surface area contributed by atoms with E-state index in [-0.39, 0.29) is 11.1 Å². The molecule has 0 aliphatic carbocycles. The monoisotopic (exact) mass is 351 g/mol. The Kier molecular flexibility index (Phi) is 3.54. The lowest BCUT2D eigenvalue weighted by Crippen LogP contribution is -1.98. The topological polar surface area (TPSA) is 37.8 Å². The van der Waals surface area contributed by atoms with Gasteiger partial charge in [-0.25, -0.2) is 9.37 Å². The molecule has 0 saturated carbocycles. The Morgan fingerprint density at radius 1 is 1.10 bits per heavy atom. The molecule has 0 spiro atoms. The summed E-state index contributed by atoms with van der Waals surface area (Å²) in [6, 6.07) is 11.9. The van der Waals surface area contributed by atoms with Crippen LogP contribution >= 0.6 is 27.5 Å². The number of nitrogens with one attached hydrogen (secondary N) is 1. The molecule has 1 aromatic heterocycles. The van der Waals surface area contributed by atoms with E-state index in [1.165, 1.54) is 12.1 Å². The van der Waals surface area contributed by atoms with Crippen molar-refractivity contribution in [3.8, 4) is 0 Å². The number of para-hydroxylation sites is 1. The molecule has 3 aromatic rings. The van der Waals surface area contributed by atoms with Crippen LogP contribution in [0.5, 0.6) is 0 Å². The molecule has 0 saturated heterocycles. The molecule has 0 radical (unpaired) electrons. The lowest BCUT2D eigenvalue weighted by molar-refractivity contribution is 0.627. The Morgan fingerprint density at radius 2 is 1.90 bits per heavy atom. The van der Waals surface area contributed by atoms with Crippen LogP contribution in [0.25, 0.3) is 10.9 Å². The zero-order valence-corrected chi connectivity index (χ0v) is 12.4. The van der Waals surface area contributed by atoms with Crippen molar-refractivity contribution in [2.45, 2.75) is 0 Å². The second-order valence-corrected chi connectivity index (χ2v) is 5.30. The highest BCUT2D eigenvalue weighted by Gasteiger charge is 2.08. The zero-order chi connectivity index (χ0) is 14.1. The number of fused-ring (bicyclic) bond motifs is 1. The van der Waals surface area contributed by atoms with Gasteiger partial charge in [0.1, 0.15) is 11.6 Å². The first-order valence-electron chi connectivity index (χ1n) is 5.78.